The highest BCUT2D eigenvalue weighted by molar-refractivity contribution is 9.10. The Labute approximate surface area is 114 Å². The molecule has 0 aliphatic rings. The van der Waals surface area contributed by atoms with Crippen molar-refractivity contribution in [2.45, 2.75) is 12.8 Å². The number of aryl methyl sites for hydroxylation is 1. The van der Waals surface area contributed by atoms with Crippen molar-refractivity contribution in [1.29, 1.82) is 0 Å². The number of hydrogen-bond acceptors (Lipinski definition) is 2. The van der Waals surface area contributed by atoms with E-state index < -0.39 is 0 Å². The van der Waals surface area contributed by atoms with Gasteiger partial charge >= 0.3 is 0 Å². The van der Waals surface area contributed by atoms with Gasteiger partial charge in [0.1, 0.15) is 0 Å². The average Bonchev–Trinajstić information content (AvgIpc) is 2.40. The third-order valence-corrected chi connectivity index (χ3v) is 2.78. The Morgan fingerprint density at radius 2 is 2.17 bits per heavy atom. The van der Waals surface area contributed by atoms with Gasteiger partial charge in [-0.2, -0.15) is 0 Å². The van der Waals surface area contributed by atoms with Crippen molar-refractivity contribution in [1.82, 2.24) is 9.55 Å². The Hall–Kier alpha value is -1.86. The predicted molar refractivity (Wildman–Crippen MR) is 74.1 cm³/mol. The Morgan fingerprint density at radius 3 is 2.94 bits per heavy atom. The minimum atomic E-state index is -0.122. The summed E-state index contributed by atoms with van der Waals surface area (Å²) in [4.78, 5) is 15.7. The van der Waals surface area contributed by atoms with E-state index in [1.807, 2.05) is 18.2 Å². The van der Waals surface area contributed by atoms with E-state index in [1.165, 1.54) is 10.6 Å². The minimum Gasteiger partial charge on any atom is -0.268 e. The van der Waals surface area contributed by atoms with E-state index in [-0.39, 0.29) is 5.56 Å². The molecule has 0 atom stereocenters. The van der Waals surface area contributed by atoms with Crippen molar-refractivity contribution >= 4 is 15.9 Å². The maximum Gasteiger partial charge on any atom is 0.262 e. The zero-order valence-corrected chi connectivity index (χ0v) is 11.2. The summed E-state index contributed by atoms with van der Waals surface area (Å²) in [5.74, 6) is 2.97. The van der Waals surface area contributed by atoms with Crippen LogP contribution in [-0.4, -0.2) is 9.55 Å². The van der Waals surface area contributed by atoms with Crippen LogP contribution < -0.4 is 5.56 Å². The second-order valence-corrected chi connectivity index (χ2v) is 4.58. The lowest BCUT2D eigenvalue weighted by Crippen LogP contribution is -2.13. The van der Waals surface area contributed by atoms with Crippen molar-refractivity contribution in [3.8, 4) is 12.0 Å². The molecule has 2 aromatic heterocycles. The molecule has 0 N–H and O–H groups in total. The molecule has 0 radical (unpaired) electrons. The fraction of sp³-hybridized carbons (Fsp3) is 0.143. The molecule has 0 saturated heterocycles. The first kappa shape index (κ1) is 12.6. The standard InChI is InChI=1S/C14H11BrN2O/c15-12-7-8-14(18)17(11-12)10-4-2-6-13-5-1-3-9-16-13/h1,3,5,7-9,11H,2,6H2. The highest BCUT2D eigenvalue weighted by atomic mass is 79.9. The van der Waals surface area contributed by atoms with E-state index in [1.54, 1.807) is 18.5 Å². The largest absolute Gasteiger partial charge is 0.268 e. The van der Waals surface area contributed by atoms with Gasteiger partial charge in [0, 0.05) is 47.5 Å². The second-order valence-electron chi connectivity index (χ2n) is 3.67. The molecule has 0 saturated carbocycles. The quantitative estimate of drug-likeness (QED) is 0.799. The predicted octanol–water partition coefficient (Wildman–Crippen LogP) is 2.45. The van der Waals surface area contributed by atoms with Gasteiger partial charge in [0.25, 0.3) is 5.56 Å². The van der Waals surface area contributed by atoms with E-state index in [0.29, 0.717) is 6.42 Å². The van der Waals surface area contributed by atoms with Gasteiger partial charge in [0.05, 0.1) is 0 Å². The Balaban J connectivity index is 2.01. The van der Waals surface area contributed by atoms with E-state index in [0.717, 1.165) is 16.6 Å². The first-order valence-corrected chi connectivity index (χ1v) is 6.32. The normalized spacial score (nSPS) is 9.61. The second kappa shape index (κ2) is 6.18. The lowest BCUT2D eigenvalue weighted by Gasteiger charge is -1.95. The van der Waals surface area contributed by atoms with Crippen LogP contribution in [-0.2, 0) is 6.42 Å². The Kier molecular flexibility index (Phi) is 4.32. The number of aromatic nitrogens is 2. The smallest absolute Gasteiger partial charge is 0.262 e. The fourth-order valence-corrected chi connectivity index (χ4v) is 1.76. The molecule has 2 rings (SSSR count). The molecule has 18 heavy (non-hydrogen) atoms. The topological polar surface area (TPSA) is 34.9 Å². The summed E-state index contributed by atoms with van der Waals surface area (Å²) in [7, 11) is 0. The molecular weight excluding hydrogens is 292 g/mol. The third kappa shape index (κ3) is 3.57. The molecule has 0 aliphatic carbocycles. The maximum absolute atomic E-state index is 11.5. The Morgan fingerprint density at radius 1 is 1.28 bits per heavy atom. The van der Waals surface area contributed by atoms with Crippen LogP contribution in [0, 0.1) is 12.0 Å². The third-order valence-electron chi connectivity index (χ3n) is 2.31. The molecule has 0 aliphatic heterocycles. The average molecular weight is 303 g/mol. The summed E-state index contributed by atoms with van der Waals surface area (Å²) in [5.41, 5.74) is 0.886. The van der Waals surface area contributed by atoms with E-state index in [9.17, 15) is 4.79 Å². The van der Waals surface area contributed by atoms with Crippen LogP contribution in [0.2, 0.25) is 0 Å². The maximum atomic E-state index is 11.5. The van der Waals surface area contributed by atoms with Gasteiger partial charge in [-0.25, -0.2) is 4.57 Å². The van der Waals surface area contributed by atoms with Gasteiger partial charge in [-0.1, -0.05) is 12.0 Å². The lowest BCUT2D eigenvalue weighted by molar-refractivity contribution is 0.954. The number of halogens is 1. The molecule has 0 spiro atoms. The monoisotopic (exact) mass is 302 g/mol. The first-order valence-electron chi connectivity index (χ1n) is 5.53. The lowest BCUT2D eigenvalue weighted by atomic mass is 10.2. The minimum absolute atomic E-state index is 0.122. The molecule has 90 valence electrons. The van der Waals surface area contributed by atoms with Crippen molar-refractivity contribution in [3.63, 3.8) is 0 Å². The summed E-state index contributed by atoms with van der Waals surface area (Å²) in [6, 6.07) is 11.8. The number of rotatable bonds is 2. The molecule has 4 heteroatoms. The zero-order valence-electron chi connectivity index (χ0n) is 9.64. The molecule has 0 fully saturated rings. The first-order chi connectivity index (χ1) is 8.75. The molecular formula is C14H11BrN2O. The molecule has 0 bridgehead atoms. The van der Waals surface area contributed by atoms with Crippen molar-refractivity contribution in [2.75, 3.05) is 0 Å². The zero-order chi connectivity index (χ0) is 12.8. The van der Waals surface area contributed by atoms with Crippen LogP contribution in [0.3, 0.4) is 0 Å². The molecule has 2 heterocycles. The van der Waals surface area contributed by atoms with Crippen LogP contribution in [0.4, 0.5) is 0 Å². The summed E-state index contributed by atoms with van der Waals surface area (Å²) >= 11 is 3.30. The van der Waals surface area contributed by atoms with Gasteiger partial charge in [0.2, 0.25) is 0 Å². The highest BCUT2D eigenvalue weighted by Crippen LogP contribution is 2.03. The van der Waals surface area contributed by atoms with Gasteiger partial charge < -0.3 is 0 Å². The van der Waals surface area contributed by atoms with Crippen LogP contribution in [0.1, 0.15) is 12.1 Å². The SMILES string of the molecule is O=c1ccc(Br)cn1C#CCCc1ccccn1. The van der Waals surface area contributed by atoms with Crippen molar-refractivity contribution < 1.29 is 0 Å². The number of pyridine rings is 2. The highest BCUT2D eigenvalue weighted by Gasteiger charge is 1.93. The number of nitrogens with zero attached hydrogens (tertiary/aromatic N) is 2. The van der Waals surface area contributed by atoms with Gasteiger partial charge in [-0.15, -0.1) is 0 Å². The van der Waals surface area contributed by atoms with Crippen LogP contribution in [0.25, 0.3) is 0 Å². The molecule has 3 nitrogen and oxygen atoms in total. The molecule has 0 unspecified atom stereocenters. The number of hydrogen-bond donors (Lipinski definition) is 0. The van der Waals surface area contributed by atoms with Crippen LogP contribution in [0.15, 0.2) is 52.0 Å². The van der Waals surface area contributed by atoms with E-state index >= 15 is 0 Å². The van der Waals surface area contributed by atoms with Gasteiger partial charge in [-0.05, 0) is 34.1 Å². The summed E-state index contributed by atoms with van der Waals surface area (Å²) in [5, 5.41) is 0. The van der Waals surface area contributed by atoms with Gasteiger partial charge in [-0.3, -0.25) is 9.78 Å². The fourth-order valence-electron chi connectivity index (χ4n) is 1.43. The summed E-state index contributed by atoms with van der Waals surface area (Å²) in [6.45, 7) is 0. The van der Waals surface area contributed by atoms with Gasteiger partial charge in [0.15, 0.2) is 0 Å². The van der Waals surface area contributed by atoms with Crippen molar-refractivity contribution in [2.24, 2.45) is 0 Å². The molecule has 2 aromatic rings. The molecule has 0 amide bonds. The van der Waals surface area contributed by atoms with Crippen molar-refractivity contribution in [3.05, 3.63) is 63.2 Å². The van der Waals surface area contributed by atoms with Crippen LogP contribution >= 0.6 is 15.9 Å². The summed E-state index contributed by atoms with van der Waals surface area (Å²) < 4.78 is 2.21. The van der Waals surface area contributed by atoms with Crippen LogP contribution in [0.5, 0.6) is 0 Å². The molecule has 0 aromatic carbocycles. The van der Waals surface area contributed by atoms with E-state index in [2.05, 4.69) is 32.9 Å². The van der Waals surface area contributed by atoms with E-state index in [4.69, 9.17) is 0 Å². The summed E-state index contributed by atoms with van der Waals surface area (Å²) in [6.07, 6.45) is 4.89. The Bertz CT molecular complexity index is 638.